The molecule has 1 aliphatic carbocycles. The first-order valence-corrected chi connectivity index (χ1v) is 8.84. The van der Waals surface area contributed by atoms with Crippen LogP contribution in [0, 0.1) is 5.82 Å². The highest BCUT2D eigenvalue weighted by Crippen LogP contribution is 2.32. The van der Waals surface area contributed by atoms with E-state index in [2.05, 4.69) is 34.8 Å². The fourth-order valence-electron chi connectivity index (χ4n) is 3.30. The number of benzene rings is 2. The summed E-state index contributed by atoms with van der Waals surface area (Å²) in [6.07, 6.45) is 6.55. The number of carbonyl (C=O) groups excluding carboxylic acids is 1. The molecule has 1 amide bonds. The van der Waals surface area contributed by atoms with Gasteiger partial charge in [0.2, 0.25) is 0 Å². The molecule has 3 nitrogen and oxygen atoms in total. The van der Waals surface area contributed by atoms with E-state index in [1.165, 1.54) is 61.9 Å². The molecule has 0 saturated heterocycles. The number of hydrogen-bond acceptors (Lipinski definition) is 2. The molecule has 2 aromatic rings. The third kappa shape index (κ3) is 4.53. The average molecular weight is 338 g/mol. The van der Waals surface area contributed by atoms with Crippen molar-refractivity contribution < 1.29 is 9.18 Å². The molecule has 1 fully saturated rings. The molecular weight excluding hydrogens is 315 g/mol. The van der Waals surface area contributed by atoms with E-state index in [9.17, 15) is 9.18 Å². The molecule has 25 heavy (non-hydrogen) atoms. The summed E-state index contributed by atoms with van der Waals surface area (Å²) in [5.74, 6) is -0.0364. The molecule has 0 atom stereocenters. The first-order valence-electron chi connectivity index (χ1n) is 8.84. The van der Waals surface area contributed by atoms with Gasteiger partial charge in [0, 0.05) is 5.56 Å². The molecular formula is C21H23FN2O. The number of amides is 1. The third-order valence-electron chi connectivity index (χ3n) is 4.84. The number of carbonyl (C=O) groups is 1. The maximum atomic E-state index is 12.9. The molecule has 0 radical (unpaired) electrons. The maximum absolute atomic E-state index is 12.9. The highest BCUT2D eigenvalue weighted by molar-refractivity contribution is 6.00. The summed E-state index contributed by atoms with van der Waals surface area (Å²) in [5, 5.41) is 4.16. The molecule has 0 aliphatic heterocycles. The van der Waals surface area contributed by atoms with E-state index in [4.69, 9.17) is 0 Å². The number of rotatable bonds is 4. The minimum atomic E-state index is -0.366. The molecule has 2 aromatic carbocycles. The van der Waals surface area contributed by atoms with Crippen LogP contribution in [0.3, 0.4) is 0 Å². The van der Waals surface area contributed by atoms with Crippen molar-refractivity contribution in [2.45, 2.75) is 44.9 Å². The fraction of sp³-hybridized carbons (Fsp3) is 0.333. The normalized spacial score (nSPS) is 15.8. The van der Waals surface area contributed by atoms with Crippen LogP contribution in [-0.4, -0.2) is 11.6 Å². The van der Waals surface area contributed by atoms with E-state index in [-0.39, 0.29) is 11.7 Å². The van der Waals surface area contributed by atoms with Crippen LogP contribution in [0.2, 0.25) is 0 Å². The summed E-state index contributed by atoms with van der Waals surface area (Å²) in [6, 6.07) is 13.9. The van der Waals surface area contributed by atoms with E-state index in [0.717, 1.165) is 11.3 Å². The second-order valence-corrected chi connectivity index (χ2v) is 6.60. The van der Waals surface area contributed by atoms with Gasteiger partial charge in [-0.05, 0) is 61.1 Å². The lowest BCUT2D eigenvalue weighted by Crippen LogP contribution is -2.19. The van der Waals surface area contributed by atoms with Gasteiger partial charge >= 0.3 is 0 Å². The Labute approximate surface area is 148 Å². The SMILES string of the molecule is C/C(=N\NC(=O)c1ccc(F)cc1)c1ccc(C2CCCCC2)cc1. The number of nitrogens with one attached hydrogen (secondary N) is 1. The van der Waals surface area contributed by atoms with Crippen LogP contribution in [0.4, 0.5) is 4.39 Å². The van der Waals surface area contributed by atoms with Gasteiger partial charge in [-0.25, -0.2) is 9.82 Å². The quantitative estimate of drug-likeness (QED) is 0.617. The van der Waals surface area contributed by atoms with Gasteiger partial charge in [0.15, 0.2) is 0 Å². The minimum Gasteiger partial charge on any atom is -0.267 e. The second kappa shape index (κ2) is 8.06. The summed E-state index contributed by atoms with van der Waals surface area (Å²) >= 11 is 0. The smallest absolute Gasteiger partial charge is 0.267 e. The van der Waals surface area contributed by atoms with E-state index < -0.39 is 0 Å². The summed E-state index contributed by atoms with van der Waals surface area (Å²) in [6.45, 7) is 1.86. The van der Waals surface area contributed by atoms with Crippen molar-refractivity contribution >= 4 is 11.6 Å². The van der Waals surface area contributed by atoms with Crippen molar-refractivity contribution in [1.29, 1.82) is 0 Å². The van der Waals surface area contributed by atoms with E-state index in [0.29, 0.717) is 11.5 Å². The molecule has 4 heteroatoms. The van der Waals surface area contributed by atoms with Crippen molar-refractivity contribution in [2.75, 3.05) is 0 Å². The van der Waals surface area contributed by atoms with Crippen molar-refractivity contribution in [3.05, 3.63) is 71.0 Å². The van der Waals surface area contributed by atoms with Gasteiger partial charge in [0.05, 0.1) is 5.71 Å². The van der Waals surface area contributed by atoms with Gasteiger partial charge in [-0.1, -0.05) is 43.5 Å². The summed E-state index contributed by atoms with van der Waals surface area (Å²) in [5.41, 5.74) is 6.02. The largest absolute Gasteiger partial charge is 0.271 e. The minimum absolute atomic E-state index is 0.349. The van der Waals surface area contributed by atoms with Crippen LogP contribution in [0.1, 0.15) is 66.4 Å². The fourth-order valence-corrected chi connectivity index (χ4v) is 3.30. The Morgan fingerprint density at radius 3 is 2.20 bits per heavy atom. The summed E-state index contributed by atoms with van der Waals surface area (Å²) in [4.78, 5) is 12.0. The van der Waals surface area contributed by atoms with E-state index >= 15 is 0 Å². The third-order valence-corrected chi connectivity index (χ3v) is 4.84. The highest BCUT2D eigenvalue weighted by Gasteiger charge is 2.15. The summed E-state index contributed by atoms with van der Waals surface area (Å²) in [7, 11) is 0. The predicted octanol–water partition coefficient (Wildman–Crippen LogP) is 5.03. The van der Waals surface area contributed by atoms with Crippen LogP contribution in [-0.2, 0) is 0 Å². The first-order chi connectivity index (χ1) is 12.1. The number of hydrazone groups is 1. The molecule has 1 aliphatic rings. The lowest BCUT2D eigenvalue weighted by atomic mass is 9.84. The Morgan fingerprint density at radius 1 is 0.960 bits per heavy atom. The van der Waals surface area contributed by atoms with E-state index in [1.54, 1.807) is 0 Å². The lowest BCUT2D eigenvalue weighted by Gasteiger charge is -2.22. The molecule has 0 heterocycles. The van der Waals surface area contributed by atoms with Crippen molar-refractivity contribution in [3.8, 4) is 0 Å². The molecule has 3 rings (SSSR count). The molecule has 0 unspecified atom stereocenters. The van der Waals surface area contributed by atoms with Crippen molar-refractivity contribution in [2.24, 2.45) is 5.10 Å². The van der Waals surface area contributed by atoms with Gasteiger partial charge in [0.1, 0.15) is 5.82 Å². The van der Waals surface area contributed by atoms with Crippen LogP contribution in [0.25, 0.3) is 0 Å². The molecule has 0 bridgehead atoms. The van der Waals surface area contributed by atoms with Crippen LogP contribution in [0.5, 0.6) is 0 Å². The van der Waals surface area contributed by atoms with Crippen molar-refractivity contribution in [1.82, 2.24) is 5.43 Å². The van der Waals surface area contributed by atoms with E-state index in [1.807, 2.05) is 6.92 Å². The van der Waals surface area contributed by atoms with Crippen LogP contribution >= 0.6 is 0 Å². The van der Waals surface area contributed by atoms with Crippen LogP contribution in [0.15, 0.2) is 53.6 Å². The van der Waals surface area contributed by atoms with Gasteiger partial charge in [-0.3, -0.25) is 4.79 Å². The number of halogens is 1. The predicted molar refractivity (Wildman–Crippen MR) is 98.3 cm³/mol. The van der Waals surface area contributed by atoms with Crippen molar-refractivity contribution in [3.63, 3.8) is 0 Å². The van der Waals surface area contributed by atoms with Gasteiger partial charge < -0.3 is 0 Å². The Bertz CT molecular complexity index is 744. The summed E-state index contributed by atoms with van der Waals surface area (Å²) < 4.78 is 12.9. The Hall–Kier alpha value is -2.49. The molecule has 1 saturated carbocycles. The topological polar surface area (TPSA) is 41.5 Å². The monoisotopic (exact) mass is 338 g/mol. The Kier molecular flexibility index (Phi) is 5.59. The van der Waals surface area contributed by atoms with Gasteiger partial charge in [0.25, 0.3) is 5.91 Å². The Balaban J connectivity index is 1.63. The highest BCUT2D eigenvalue weighted by atomic mass is 19.1. The first kappa shape index (κ1) is 17.3. The molecule has 130 valence electrons. The average Bonchev–Trinajstić information content (AvgIpc) is 2.67. The molecule has 1 N–H and O–H groups in total. The van der Waals surface area contributed by atoms with Gasteiger partial charge in [-0.2, -0.15) is 5.10 Å². The maximum Gasteiger partial charge on any atom is 0.271 e. The Morgan fingerprint density at radius 2 is 1.56 bits per heavy atom. The number of nitrogens with zero attached hydrogens (tertiary/aromatic N) is 1. The molecule has 0 spiro atoms. The zero-order valence-electron chi connectivity index (χ0n) is 14.5. The molecule has 0 aromatic heterocycles. The standard InChI is InChI=1S/C21H23FN2O/c1-15(23-24-21(25)19-11-13-20(22)14-12-19)16-7-9-18(10-8-16)17-5-3-2-4-6-17/h7-14,17H,2-6H2,1H3,(H,24,25)/b23-15+. The zero-order chi connectivity index (χ0) is 17.6. The lowest BCUT2D eigenvalue weighted by molar-refractivity contribution is 0.0955. The zero-order valence-corrected chi connectivity index (χ0v) is 14.5. The van der Waals surface area contributed by atoms with Crippen LogP contribution < -0.4 is 5.43 Å². The van der Waals surface area contributed by atoms with Gasteiger partial charge in [-0.15, -0.1) is 0 Å². The second-order valence-electron chi connectivity index (χ2n) is 6.60. The number of hydrogen-bond donors (Lipinski definition) is 1.